The fourth-order valence-electron chi connectivity index (χ4n) is 1.82. The molecule has 0 fully saturated rings. The highest BCUT2D eigenvalue weighted by molar-refractivity contribution is 5.86. The van der Waals surface area contributed by atoms with Crippen LogP contribution in [-0.2, 0) is 9.53 Å². The Morgan fingerprint density at radius 1 is 1.11 bits per heavy atom. The first-order valence-electron chi connectivity index (χ1n) is 5.63. The minimum atomic E-state index is -0.359. The number of carbonyl (C=O) groups is 1. The van der Waals surface area contributed by atoms with Crippen LogP contribution in [0, 0.1) is 0 Å². The fourth-order valence-corrected chi connectivity index (χ4v) is 1.82. The van der Waals surface area contributed by atoms with E-state index in [1.807, 2.05) is 0 Å². The molecule has 1 heterocycles. The summed E-state index contributed by atoms with van der Waals surface area (Å²) in [5.41, 5.74) is 1.33. The quantitative estimate of drug-likeness (QED) is 0.815. The first-order chi connectivity index (χ1) is 9.19. The highest BCUT2D eigenvalue weighted by Gasteiger charge is 2.19. The standard InChI is InChI=1S/C13H15NO5/c1-16-10-5-4-9(12(17-2)13(10)18-3)14-8-6-11(15)19-7-8/h4-6,14H,7H2,1-3H3. The van der Waals surface area contributed by atoms with Gasteiger partial charge in [-0.05, 0) is 12.1 Å². The van der Waals surface area contributed by atoms with Crippen LogP contribution in [0.2, 0.25) is 0 Å². The van der Waals surface area contributed by atoms with Crippen molar-refractivity contribution in [3.05, 3.63) is 23.9 Å². The second kappa shape index (κ2) is 5.51. The molecule has 0 aromatic heterocycles. The smallest absolute Gasteiger partial charge is 0.333 e. The van der Waals surface area contributed by atoms with Gasteiger partial charge in [-0.15, -0.1) is 0 Å². The Hall–Kier alpha value is -2.37. The lowest BCUT2D eigenvalue weighted by Gasteiger charge is -2.16. The molecule has 0 unspecified atom stereocenters. The van der Waals surface area contributed by atoms with Crippen LogP contribution in [0.5, 0.6) is 17.2 Å². The molecule has 2 rings (SSSR count). The van der Waals surface area contributed by atoms with Crippen molar-refractivity contribution in [3.8, 4) is 17.2 Å². The summed E-state index contributed by atoms with van der Waals surface area (Å²) < 4.78 is 20.6. The van der Waals surface area contributed by atoms with Gasteiger partial charge in [0.05, 0.1) is 32.7 Å². The van der Waals surface area contributed by atoms with Crippen molar-refractivity contribution in [1.82, 2.24) is 0 Å². The van der Waals surface area contributed by atoms with Crippen LogP contribution in [0.1, 0.15) is 0 Å². The van der Waals surface area contributed by atoms with Crippen molar-refractivity contribution >= 4 is 11.7 Å². The van der Waals surface area contributed by atoms with E-state index in [4.69, 9.17) is 18.9 Å². The number of benzene rings is 1. The molecule has 0 amide bonds. The van der Waals surface area contributed by atoms with Crippen molar-refractivity contribution in [2.24, 2.45) is 0 Å². The zero-order valence-corrected chi connectivity index (χ0v) is 11.0. The summed E-state index contributed by atoms with van der Waals surface area (Å²) in [4.78, 5) is 11.0. The lowest BCUT2D eigenvalue weighted by molar-refractivity contribution is -0.134. The van der Waals surface area contributed by atoms with E-state index in [1.54, 1.807) is 19.2 Å². The monoisotopic (exact) mass is 265 g/mol. The van der Waals surface area contributed by atoms with E-state index < -0.39 is 0 Å². The maximum Gasteiger partial charge on any atom is 0.333 e. The number of nitrogens with one attached hydrogen (secondary N) is 1. The van der Waals surface area contributed by atoms with Crippen LogP contribution >= 0.6 is 0 Å². The molecule has 0 spiro atoms. The maximum atomic E-state index is 11.0. The van der Waals surface area contributed by atoms with Gasteiger partial charge in [0.1, 0.15) is 6.61 Å². The summed E-state index contributed by atoms with van der Waals surface area (Å²) in [5.74, 6) is 1.20. The van der Waals surface area contributed by atoms with Gasteiger partial charge in [-0.2, -0.15) is 0 Å². The van der Waals surface area contributed by atoms with Crippen molar-refractivity contribution in [3.63, 3.8) is 0 Å². The molecule has 1 N–H and O–H groups in total. The van der Waals surface area contributed by atoms with Crippen LogP contribution < -0.4 is 19.5 Å². The third-order valence-corrected chi connectivity index (χ3v) is 2.66. The SMILES string of the molecule is COc1ccc(NC2=CC(=O)OC2)c(OC)c1OC. The van der Waals surface area contributed by atoms with E-state index in [1.165, 1.54) is 20.3 Å². The number of rotatable bonds is 5. The van der Waals surface area contributed by atoms with Gasteiger partial charge < -0.3 is 24.3 Å². The lowest BCUT2D eigenvalue weighted by Crippen LogP contribution is -2.04. The zero-order valence-electron chi connectivity index (χ0n) is 11.0. The zero-order chi connectivity index (χ0) is 13.8. The van der Waals surface area contributed by atoms with Gasteiger partial charge in [0.25, 0.3) is 0 Å². The second-order valence-electron chi connectivity index (χ2n) is 3.78. The molecule has 1 aliphatic heterocycles. The fraction of sp³-hybridized carbons (Fsp3) is 0.308. The number of esters is 1. The Bertz CT molecular complexity index is 524. The average molecular weight is 265 g/mol. The molecular weight excluding hydrogens is 250 g/mol. The van der Waals surface area contributed by atoms with Crippen molar-refractivity contribution in [2.45, 2.75) is 0 Å². The molecule has 0 atom stereocenters. The third kappa shape index (κ3) is 2.57. The van der Waals surface area contributed by atoms with Gasteiger partial charge in [0.15, 0.2) is 11.5 Å². The predicted molar refractivity (Wildman–Crippen MR) is 68.8 cm³/mol. The molecule has 0 saturated heterocycles. The molecule has 6 heteroatoms. The number of hydrogen-bond acceptors (Lipinski definition) is 6. The van der Waals surface area contributed by atoms with Crippen molar-refractivity contribution in [2.75, 3.05) is 33.3 Å². The Kier molecular flexibility index (Phi) is 3.79. The largest absolute Gasteiger partial charge is 0.493 e. The Balaban J connectivity index is 2.35. The van der Waals surface area contributed by atoms with Gasteiger partial charge in [0.2, 0.25) is 5.75 Å². The van der Waals surface area contributed by atoms with E-state index in [0.29, 0.717) is 28.6 Å². The molecule has 0 saturated carbocycles. The summed E-state index contributed by atoms with van der Waals surface area (Å²) in [6.07, 6.45) is 1.40. The molecule has 0 radical (unpaired) electrons. The average Bonchev–Trinajstić information content (AvgIpc) is 2.83. The highest BCUT2D eigenvalue weighted by Crippen LogP contribution is 2.43. The van der Waals surface area contributed by atoms with Crippen LogP contribution in [0.3, 0.4) is 0 Å². The molecule has 1 aromatic carbocycles. The second-order valence-corrected chi connectivity index (χ2v) is 3.78. The Morgan fingerprint density at radius 3 is 2.37 bits per heavy atom. The first-order valence-corrected chi connectivity index (χ1v) is 5.63. The van der Waals surface area contributed by atoms with E-state index in [2.05, 4.69) is 5.32 Å². The first kappa shape index (κ1) is 13.1. The Labute approximate surface area is 110 Å². The van der Waals surface area contributed by atoms with Gasteiger partial charge >= 0.3 is 5.97 Å². The summed E-state index contributed by atoms with van der Waals surface area (Å²) in [7, 11) is 4.62. The molecule has 0 bridgehead atoms. The van der Waals surface area contributed by atoms with Crippen LogP contribution in [0.25, 0.3) is 0 Å². The van der Waals surface area contributed by atoms with E-state index in [-0.39, 0.29) is 12.6 Å². The summed E-state index contributed by atoms with van der Waals surface area (Å²) in [6.45, 7) is 0.219. The highest BCUT2D eigenvalue weighted by atomic mass is 16.5. The molecule has 6 nitrogen and oxygen atoms in total. The molecule has 1 aliphatic rings. The normalized spacial score (nSPS) is 13.6. The van der Waals surface area contributed by atoms with Gasteiger partial charge in [0, 0.05) is 6.08 Å². The van der Waals surface area contributed by atoms with Gasteiger partial charge in [-0.1, -0.05) is 0 Å². The van der Waals surface area contributed by atoms with Crippen LogP contribution in [0.4, 0.5) is 5.69 Å². The number of carbonyl (C=O) groups excluding carboxylic acids is 1. The maximum absolute atomic E-state index is 11.0. The minimum Gasteiger partial charge on any atom is -0.493 e. The summed E-state index contributed by atoms with van der Waals surface area (Å²) >= 11 is 0. The van der Waals surface area contributed by atoms with E-state index >= 15 is 0 Å². The molecule has 1 aromatic rings. The van der Waals surface area contributed by atoms with Gasteiger partial charge in [-0.3, -0.25) is 0 Å². The van der Waals surface area contributed by atoms with Crippen LogP contribution in [-0.4, -0.2) is 33.9 Å². The van der Waals surface area contributed by atoms with E-state index in [0.717, 1.165) is 0 Å². The van der Waals surface area contributed by atoms with E-state index in [9.17, 15) is 4.79 Å². The summed E-state index contributed by atoms with van der Waals surface area (Å²) in [6, 6.07) is 3.53. The molecule has 0 aliphatic carbocycles. The number of anilines is 1. The third-order valence-electron chi connectivity index (χ3n) is 2.66. The summed E-state index contributed by atoms with van der Waals surface area (Å²) in [5, 5.41) is 3.07. The molecule has 102 valence electrons. The Morgan fingerprint density at radius 2 is 1.84 bits per heavy atom. The molecule has 19 heavy (non-hydrogen) atoms. The topological polar surface area (TPSA) is 66.0 Å². The lowest BCUT2D eigenvalue weighted by atomic mass is 10.2. The van der Waals surface area contributed by atoms with Crippen LogP contribution in [0.15, 0.2) is 23.9 Å². The van der Waals surface area contributed by atoms with Crippen molar-refractivity contribution < 1.29 is 23.7 Å². The van der Waals surface area contributed by atoms with Gasteiger partial charge in [-0.25, -0.2) is 4.79 Å². The number of methoxy groups -OCH3 is 3. The number of ether oxygens (including phenoxy) is 4. The minimum absolute atomic E-state index is 0.219. The van der Waals surface area contributed by atoms with Crippen molar-refractivity contribution in [1.29, 1.82) is 0 Å². The molecular formula is C13H15NO5. The number of cyclic esters (lactones) is 1. The predicted octanol–water partition coefficient (Wildman–Crippen LogP) is 1.56. The number of hydrogen-bond donors (Lipinski definition) is 1.